The molecular weight excluding hydrogens is 236 g/mol. The van der Waals surface area contributed by atoms with Crippen LogP contribution in [-0.2, 0) is 0 Å². The average Bonchev–Trinajstić information content (AvgIpc) is 2.30. The number of hydrogen-bond acceptors (Lipinski definition) is 2. The Morgan fingerprint density at radius 3 is 2.33 bits per heavy atom. The topological polar surface area (TPSA) is 21.3 Å². The average molecular weight is 255 g/mol. The lowest BCUT2D eigenvalue weighted by Gasteiger charge is -2.11. The van der Waals surface area contributed by atoms with Crippen LogP contribution in [0.2, 0.25) is 0 Å². The van der Waals surface area contributed by atoms with Gasteiger partial charge in [-0.25, -0.2) is 0 Å². The molecule has 1 rings (SSSR count). The molecule has 0 radical (unpaired) electrons. The number of ether oxygens (including phenoxy) is 1. The normalized spacial score (nSPS) is 12.3. The Bertz CT molecular complexity index is 385. The lowest BCUT2D eigenvalue weighted by molar-refractivity contribution is -0.0498. The van der Waals surface area contributed by atoms with Crippen molar-refractivity contribution in [1.29, 1.82) is 0 Å². The minimum atomic E-state index is -2.78. The maximum atomic E-state index is 12.0. The molecule has 0 saturated carbocycles. The second kappa shape index (κ2) is 7.11. The highest BCUT2D eigenvalue weighted by Gasteiger charge is 2.05. The van der Waals surface area contributed by atoms with E-state index in [2.05, 4.69) is 30.0 Å². The van der Waals surface area contributed by atoms with E-state index in [0.29, 0.717) is 5.92 Å². The summed E-state index contributed by atoms with van der Waals surface area (Å²) < 4.78 is 28.3. The summed E-state index contributed by atoms with van der Waals surface area (Å²) in [5, 5.41) is 3.11. The predicted molar refractivity (Wildman–Crippen MR) is 69.8 cm³/mol. The molecule has 0 saturated heterocycles. The van der Waals surface area contributed by atoms with Gasteiger partial charge in [0.15, 0.2) is 0 Å². The van der Waals surface area contributed by atoms with Crippen LogP contribution in [0, 0.1) is 5.92 Å². The predicted octanol–water partition coefficient (Wildman–Crippen LogP) is 3.55. The van der Waals surface area contributed by atoms with E-state index in [4.69, 9.17) is 0 Å². The summed E-state index contributed by atoms with van der Waals surface area (Å²) in [6.45, 7) is 2.28. The van der Waals surface area contributed by atoms with E-state index in [1.807, 2.05) is 7.05 Å². The molecule has 1 N–H and O–H groups in total. The Morgan fingerprint density at radius 1 is 1.28 bits per heavy atom. The Hall–Kier alpha value is -1.42. The van der Waals surface area contributed by atoms with Crippen molar-refractivity contribution in [3.05, 3.63) is 35.4 Å². The van der Waals surface area contributed by atoms with Gasteiger partial charge in [0.1, 0.15) is 5.75 Å². The molecule has 0 heterocycles. The molecule has 1 aromatic carbocycles. The van der Waals surface area contributed by atoms with Crippen molar-refractivity contribution >= 4 is 6.08 Å². The minimum absolute atomic E-state index is 0.182. The molecule has 100 valence electrons. The van der Waals surface area contributed by atoms with E-state index in [-0.39, 0.29) is 5.75 Å². The van der Waals surface area contributed by atoms with Crippen molar-refractivity contribution in [2.75, 3.05) is 13.6 Å². The van der Waals surface area contributed by atoms with Gasteiger partial charge in [0.05, 0.1) is 0 Å². The van der Waals surface area contributed by atoms with E-state index in [9.17, 15) is 8.78 Å². The summed E-state index contributed by atoms with van der Waals surface area (Å²) in [6, 6.07) is 6.65. The van der Waals surface area contributed by atoms with Crippen molar-refractivity contribution in [1.82, 2.24) is 5.32 Å². The first-order valence-electron chi connectivity index (χ1n) is 5.93. The van der Waals surface area contributed by atoms with Crippen molar-refractivity contribution < 1.29 is 13.5 Å². The van der Waals surface area contributed by atoms with Gasteiger partial charge in [0, 0.05) is 6.54 Å². The summed E-state index contributed by atoms with van der Waals surface area (Å²) >= 11 is 0. The van der Waals surface area contributed by atoms with Gasteiger partial charge >= 0.3 is 6.61 Å². The van der Waals surface area contributed by atoms with Crippen molar-refractivity contribution in [3.8, 4) is 5.75 Å². The van der Waals surface area contributed by atoms with E-state index >= 15 is 0 Å². The van der Waals surface area contributed by atoms with Gasteiger partial charge in [-0.1, -0.05) is 37.6 Å². The quantitative estimate of drug-likeness (QED) is 0.839. The van der Waals surface area contributed by atoms with Crippen LogP contribution in [0.5, 0.6) is 5.75 Å². The van der Waals surface area contributed by atoms with Gasteiger partial charge in [-0.3, -0.25) is 0 Å². The third-order valence-corrected chi connectivity index (χ3v) is 2.58. The van der Waals surface area contributed by atoms with Gasteiger partial charge in [0.2, 0.25) is 0 Å². The fourth-order valence-electron chi connectivity index (χ4n) is 1.59. The zero-order chi connectivity index (χ0) is 13.5. The van der Waals surface area contributed by atoms with E-state index in [1.165, 1.54) is 5.57 Å². The molecule has 4 heteroatoms. The summed E-state index contributed by atoms with van der Waals surface area (Å²) in [7, 11) is 1.90. The molecule has 0 unspecified atom stereocenters. The first-order chi connectivity index (χ1) is 8.52. The van der Waals surface area contributed by atoms with Crippen LogP contribution in [-0.4, -0.2) is 20.2 Å². The summed E-state index contributed by atoms with van der Waals surface area (Å²) in [5.74, 6) is 0.622. The van der Waals surface area contributed by atoms with Crippen molar-refractivity contribution in [2.24, 2.45) is 5.92 Å². The standard InChI is InChI=1S/C14H19F2NO/c1-10(2)12(9-17-3)8-11-4-6-13(7-5-11)18-14(15)16/h4-8,10,14,17H,9H2,1-3H3. The molecule has 0 aliphatic rings. The van der Waals surface area contributed by atoms with Crippen LogP contribution in [0.15, 0.2) is 29.8 Å². The Kier molecular flexibility index (Phi) is 5.78. The number of rotatable bonds is 6. The number of halogens is 2. The number of benzene rings is 1. The first-order valence-corrected chi connectivity index (χ1v) is 5.93. The van der Waals surface area contributed by atoms with Crippen LogP contribution in [0.1, 0.15) is 19.4 Å². The Labute approximate surface area is 107 Å². The molecule has 0 atom stereocenters. The number of hydrogen-bond donors (Lipinski definition) is 1. The highest BCUT2D eigenvalue weighted by Crippen LogP contribution is 2.18. The third kappa shape index (κ3) is 4.84. The fourth-order valence-corrected chi connectivity index (χ4v) is 1.59. The molecular formula is C14H19F2NO. The zero-order valence-electron chi connectivity index (χ0n) is 10.9. The van der Waals surface area contributed by atoms with Crippen LogP contribution in [0.25, 0.3) is 6.08 Å². The first kappa shape index (κ1) is 14.6. The summed E-state index contributed by atoms with van der Waals surface area (Å²) in [4.78, 5) is 0. The molecule has 2 nitrogen and oxygen atoms in total. The van der Waals surface area contributed by atoms with Gasteiger partial charge in [-0.2, -0.15) is 8.78 Å². The highest BCUT2D eigenvalue weighted by molar-refractivity contribution is 5.54. The molecule has 0 bridgehead atoms. The lowest BCUT2D eigenvalue weighted by Crippen LogP contribution is -2.13. The van der Waals surface area contributed by atoms with Crippen molar-refractivity contribution in [3.63, 3.8) is 0 Å². The second-order valence-corrected chi connectivity index (χ2v) is 4.35. The van der Waals surface area contributed by atoms with Crippen LogP contribution >= 0.6 is 0 Å². The highest BCUT2D eigenvalue weighted by atomic mass is 19.3. The van der Waals surface area contributed by atoms with E-state index < -0.39 is 6.61 Å². The zero-order valence-corrected chi connectivity index (χ0v) is 10.9. The van der Waals surface area contributed by atoms with Crippen LogP contribution < -0.4 is 10.1 Å². The lowest BCUT2D eigenvalue weighted by atomic mass is 10.0. The van der Waals surface area contributed by atoms with E-state index in [1.54, 1.807) is 24.3 Å². The molecule has 0 aliphatic heterocycles. The largest absolute Gasteiger partial charge is 0.435 e. The molecule has 1 aromatic rings. The second-order valence-electron chi connectivity index (χ2n) is 4.35. The number of likely N-dealkylation sites (N-methyl/N-ethyl adjacent to an activating group) is 1. The molecule has 18 heavy (non-hydrogen) atoms. The van der Waals surface area contributed by atoms with Crippen molar-refractivity contribution in [2.45, 2.75) is 20.5 Å². The molecule has 0 aromatic heterocycles. The molecule has 0 fully saturated rings. The third-order valence-electron chi connectivity index (χ3n) is 2.58. The maximum absolute atomic E-state index is 12.0. The fraction of sp³-hybridized carbons (Fsp3) is 0.429. The number of alkyl halides is 2. The maximum Gasteiger partial charge on any atom is 0.387 e. The smallest absolute Gasteiger partial charge is 0.387 e. The monoisotopic (exact) mass is 255 g/mol. The Balaban J connectivity index is 2.80. The van der Waals surface area contributed by atoms with E-state index in [0.717, 1.165) is 12.1 Å². The summed E-state index contributed by atoms with van der Waals surface area (Å²) in [5.41, 5.74) is 2.25. The molecule has 0 spiro atoms. The molecule has 0 aliphatic carbocycles. The summed E-state index contributed by atoms with van der Waals surface area (Å²) in [6.07, 6.45) is 2.06. The SMILES string of the molecule is CNCC(=Cc1ccc(OC(F)F)cc1)C(C)C. The number of nitrogens with one attached hydrogen (secondary N) is 1. The van der Waals surface area contributed by atoms with Gasteiger partial charge in [0.25, 0.3) is 0 Å². The minimum Gasteiger partial charge on any atom is -0.435 e. The van der Waals surface area contributed by atoms with Gasteiger partial charge < -0.3 is 10.1 Å². The van der Waals surface area contributed by atoms with Gasteiger partial charge in [-0.05, 0) is 30.7 Å². The van der Waals surface area contributed by atoms with Crippen LogP contribution in [0.3, 0.4) is 0 Å². The Morgan fingerprint density at radius 2 is 1.89 bits per heavy atom. The van der Waals surface area contributed by atoms with Gasteiger partial charge in [-0.15, -0.1) is 0 Å². The molecule has 0 amide bonds. The van der Waals surface area contributed by atoms with Crippen LogP contribution in [0.4, 0.5) is 8.78 Å².